The van der Waals surface area contributed by atoms with Gasteiger partial charge in [0, 0.05) is 43.2 Å². The Morgan fingerprint density at radius 2 is 1.81 bits per heavy atom. The predicted octanol–water partition coefficient (Wildman–Crippen LogP) is -2.27. The zero-order valence-electron chi connectivity index (χ0n) is 15.3. The number of likely N-dealkylation sites (N-methyl/N-ethyl adjacent to an activating group) is 1. The first-order chi connectivity index (χ1) is 12.6. The van der Waals surface area contributed by atoms with Crippen LogP contribution in [0.4, 0.5) is 0 Å². The third kappa shape index (κ3) is 3.11. The third-order valence-corrected chi connectivity index (χ3v) is 8.75. The number of hydrogen-bond donors (Lipinski definition) is 4. The molecule has 5 N–H and O–H groups in total. The van der Waals surface area contributed by atoms with E-state index < -0.39 is 34.8 Å². The molecule has 0 aromatic rings. The standard InChI is InChI=1S/C15H27BN4O6S/c1-18-10-5-12(10)20(13-6-11(13)18)27(25,26)19-7-9(3-2-4-16(23)24)15(17,8-19)14(21)22/h9-13,23-24H,2-8,17H2,1H3,(H,21,22)/t9-,10+,11?,12?,13+,15-/m0/s1. The molecule has 2 unspecified atom stereocenters. The molecule has 2 aliphatic carbocycles. The van der Waals surface area contributed by atoms with Crippen molar-refractivity contribution in [1.82, 2.24) is 13.5 Å². The number of hydrogen-bond acceptors (Lipinski definition) is 7. The average molecular weight is 402 g/mol. The van der Waals surface area contributed by atoms with Gasteiger partial charge in [0.1, 0.15) is 5.54 Å². The molecule has 2 saturated heterocycles. The quantitative estimate of drug-likeness (QED) is 0.349. The number of aliphatic carboxylic acids is 1. The molecule has 0 spiro atoms. The van der Waals surface area contributed by atoms with Gasteiger partial charge in [0.2, 0.25) is 0 Å². The van der Waals surface area contributed by atoms with E-state index in [1.165, 1.54) is 4.31 Å². The molecule has 2 heterocycles. The van der Waals surface area contributed by atoms with Crippen molar-refractivity contribution in [3.63, 3.8) is 0 Å². The number of carboxylic acid groups (broad SMARTS) is 1. The van der Waals surface area contributed by atoms with E-state index in [1.54, 1.807) is 4.31 Å². The van der Waals surface area contributed by atoms with Crippen molar-refractivity contribution in [1.29, 1.82) is 0 Å². The summed E-state index contributed by atoms with van der Waals surface area (Å²) in [5.74, 6) is -1.79. The van der Waals surface area contributed by atoms with Gasteiger partial charge in [0.15, 0.2) is 0 Å². The van der Waals surface area contributed by atoms with Crippen molar-refractivity contribution < 1.29 is 28.4 Å². The zero-order chi connectivity index (χ0) is 19.7. The third-order valence-electron chi connectivity index (χ3n) is 6.74. The van der Waals surface area contributed by atoms with Gasteiger partial charge in [-0.05, 0) is 32.6 Å². The molecular formula is C15H27BN4O6S. The van der Waals surface area contributed by atoms with E-state index in [4.69, 9.17) is 15.8 Å². The molecule has 4 aliphatic rings. The fraction of sp³-hybridized carbons (Fsp3) is 0.933. The number of rotatable bonds is 7. The van der Waals surface area contributed by atoms with Crippen molar-refractivity contribution in [3.05, 3.63) is 0 Å². The summed E-state index contributed by atoms with van der Waals surface area (Å²) in [6.45, 7) is -0.202. The predicted molar refractivity (Wildman–Crippen MR) is 96.8 cm³/mol. The topological polar surface area (TPSA) is 148 Å². The number of nitrogens with zero attached hydrogens (tertiary/aromatic N) is 3. The summed E-state index contributed by atoms with van der Waals surface area (Å²) in [4.78, 5) is 14.1. The lowest BCUT2D eigenvalue weighted by Gasteiger charge is -2.33. The van der Waals surface area contributed by atoms with Gasteiger partial charge >= 0.3 is 13.1 Å². The summed E-state index contributed by atoms with van der Waals surface area (Å²) < 4.78 is 29.5. The molecule has 0 bridgehead atoms. The van der Waals surface area contributed by atoms with E-state index in [9.17, 15) is 18.3 Å². The van der Waals surface area contributed by atoms with Gasteiger partial charge < -0.3 is 20.9 Å². The molecule has 152 valence electrons. The van der Waals surface area contributed by atoms with Crippen molar-refractivity contribution >= 4 is 23.3 Å². The van der Waals surface area contributed by atoms with Crippen LogP contribution in [0, 0.1) is 5.92 Å². The van der Waals surface area contributed by atoms with Crippen LogP contribution in [0.1, 0.15) is 25.7 Å². The second kappa shape index (κ2) is 6.38. The molecule has 0 amide bonds. The lowest BCUT2D eigenvalue weighted by atomic mass is 9.78. The lowest BCUT2D eigenvalue weighted by Crippen LogP contribution is -2.56. The molecule has 4 fully saturated rings. The minimum atomic E-state index is -3.78. The van der Waals surface area contributed by atoms with Crippen LogP contribution in [-0.4, -0.2) is 100 Å². The molecular weight excluding hydrogens is 375 g/mol. The Morgan fingerprint density at radius 1 is 1.22 bits per heavy atom. The Balaban J connectivity index is 1.51. The molecule has 4 rings (SSSR count). The van der Waals surface area contributed by atoms with Crippen LogP contribution >= 0.6 is 0 Å². The molecule has 2 aliphatic heterocycles. The second-order valence-corrected chi connectivity index (χ2v) is 10.3. The lowest BCUT2D eigenvalue weighted by molar-refractivity contribution is -0.144. The molecule has 6 atom stereocenters. The van der Waals surface area contributed by atoms with E-state index >= 15 is 0 Å². The Kier molecular flexibility index (Phi) is 4.62. The first-order valence-corrected chi connectivity index (χ1v) is 10.9. The zero-order valence-corrected chi connectivity index (χ0v) is 16.1. The first kappa shape index (κ1) is 19.6. The van der Waals surface area contributed by atoms with Crippen LogP contribution in [0.2, 0.25) is 6.32 Å². The summed E-state index contributed by atoms with van der Waals surface area (Å²) in [6.07, 6.45) is 2.44. The highest BCUT2D eigenvalue weighted by Gasteiger charge is 2.67. The van der Waals surface area contributed by atoms with Crippen molar-refractivity contribution in [2.24, 2.45) is 11.7 Å². The fourth-order valence-corrected chi connectivity index (χ4v) is 7.08. The van der Waals surface area contributed by atoms with Crippen LogP contribution in [0.15, 0.2) is 0 Å². The van der Waals surface area contributed by atoms with E-state index in [-0.39, 0.29) is 43.6 Å². The smallest absolute Gasteiger partial charge is 0.451 e. The number of piperazine rings is 1. The molecule has 0 aromatic heterocycles. The number of nitrogens with two attached hydrogens (primary N) is 1. The van der Waals surface area contributed by atoms with Gasteiger partial charge in [-0.25, -0.2) is 0 Å². The highest BCUT2D eigenvalue weighted by atomic mass is 32.2. The normalized spacial score (nSPS) is 41.9. The monoisotopic (exact) mass is 402 g/mol. The Morgan fingerprint density at radius 3 is 2.33 bits per heavy atom. The number of carbonyl (C=O) groups is 1. The minimum absolute atomic E-state index is 0.0238. The number of fused-ring (bicyclic) bond motifs is 2. The highest BCUT2D eigenvalue weighted by Crippen LogP contribution is 2.52. The van der Waals surface area contributed by atoms with Crippen LogP contribution in [0.25, 0.3) is 0 Å². The SMILES string of the molecule is CN1C2C[C@H]2N(S(=O)(=O)N2C[C@H](CCCB(O)O)[C@](N)(C(=O)O)C2)C2C[C@H]21. The molecule has 2 saturated carbocycles. The van der Waals surface area contributed by atoms with E-state index in [0.29, 0.717) is 12.8 Å². The maximum absolute atomic E-state index is 13.3. The van der Waals surface area contributed by atoms with Gasteiger partial charge in [-0.3, -0.25) is 9.69 Å². The maximum atomic E-state index is 13.3. The van der Waals surface area contributed by atoms with Crippen molar-refractivity contribution in [3.8, 4) is 0 Å². The Labute approximate surface area is 159 Å². The Hall–Kier alpha value is -0.755. The molecule has 10 nitrogen and oxygen atoms in total. The van der Waals surface area contributed by atoms with Crippen LogP contribution < -0.4 is 5.73 Å². The average Bonchev–Trinajstić information content (AvgIpc) is 3.47. The van der Waals surface area contributed by atoms with Gasteiger partial charge in [-0.15, -0.1) is 0 Å². The van der Waals surface area contributed by atoms with Gasteiger partial charge in [0.05, 0.1) is 0 Å². The maximum Gasteiger partial charge on any atom is 0.451 e. The van der Waals surface area contributed by atoms with Crippen LogP contribution in [0.5, 0.6) is 0 Å². The molecule has 0 aromatic carbocycles. The first-order valence-electron chi connectivity index (χ1n) is 9.46. The van der Waals surface area contributed by atoms with Gasteiger partial charge in [0.25, 0.3) is 10.2 Å². The van der Waals surface area contributed by atoms with Crippen LogP contribution in [-0.2, 0) is 15.0 Å². The summed E-state index contributed by atoms with van der Waals surface area (Å²) in [6, 6.07) is 0.471. The highest BCUT2D eigenvalue weighted by molar-refractivity contribution is 7.86. The minimum Gasteiger partial charge on any atom is -0.480 e. The fourth-order valence-electron chi connectivity index (χ4n) is 4.94. The Bertz CT molecular complexity index is 720. The molecule has 27 heavy (non-hydrogen) atoms. The van der Waals surface area contributed by atoms with Gasteiger partial charge in [-0.2, -0.15) is 17.0 Å². The molecule has 0 radical (unpaired) electrons. The van der Waals surface area contributed by atoms with E-state index in [1.807, 2.05) is 7.05 Å². The van der Waals surface area contributed by atoms with E-state index in [2.05, 4.69) is 4.90 Å². The van der Waals surface area contributed by atoms with Crippen molar-refractivity contribution in [2.45, 2.75) is 61.7 Å². The summed E-state index contributed by atoms with van der Waals surface area (Å²) >= 11 is 0. The molecule has 12 heteroatoms. The summed E-state index contributed by atoms with van der Waals surface area (Å²) in [7, 11) is -3.21. The van der Waals surface area contributed by atoms with E-state index in [0.717, 1.165) is 12.8 Å². The largest absolute Gasteiger partial charge is 0.480 e. The number of carboxylic acids is 1. The van der Waals surface area contributed by atoms with Gasteiger partial charge in [-0.1, -0.05) is 6.42 Å². The van der Waals surface area contributed by atoms with Crippen LogP contribution in [0.3, 0.4) is 0 Å². The summed E-state index contributed by atoms with van der Waals surface area (Å²) in [5, 5.41) is 27.6. The summed E-state index contributed by atoms with van der Waals surface area (Å²) in [5.41, 5.74) is 4.47. The van der Waals surface area contributed by atoms with Crippen molar-refractivity contribution in [2.75, 3.05) is 20.1 Å². The second-order valence-electron chi connectivity index (χ2n) is 8.49.